The van der Waals surface area contributed by atoms with E-state index in [2.05, 4.69) is 18.6 Å². The van der Waals surface area contributed by atoms with Crippen LogP contribution in [0, 0.1) is 0 Å². The number of carbonyl (C=O) groups excluding carboxylic acids is 1. The van der Waals surface area contributed by atoms with Gasteiger partial charge in [0.05, 0.1) is 18.8 Å². The molecular weight excluding hydrogens is 132 g/mol. The van der Waals surface area contributed by atoms with Crippen LogP contribution in [0.15, 0.2) is 0 Å². The first-order valence-corrected chi connectivity index (χ1v) is 3.31. The summed E-state index contributed by atoms with van der Waals surface area (Å²) in [5.41, 5.74) is 0.250. The molecule has 0 amide bonds. The summed E-state index contributed by atoms with van der Waals surface area (Å²) in [4.78, 5) is 9.18. The highest BCUT2D eigenvalue weighted by Gasteiger charge is 2.32. The van der Waals surface area contributed by atoms with Crippen molar-refractivity contribution in [3.05, 3.63) is 0 Å². The van der Waals surface area contributed by atoms with E-state index in [1.165, 1.54) is 0 Å². The van der Waals surface area contributed by atoms with Crippen molar-refractivity contribution in [1.82, 2.24) is 0 Å². The summed E-state index contributed by atoms with van der Waals surface area (Å²) in [5, 5.41) is 0. The summed E-state index contributed by atoms with van der Waals surface area (Å²) in [6, 6.07) is 0. The van der Waals surface area contributed by atoms with E-state index in [0.717, 1.165) is 6.61 Å². The maximum Gasteiger partial charge on any atom is 0.293 e. The Labute approximate surface area is 61.3 Å². The molecule has 0 unspecified atom stereocenters. The zero-order valence-electron chi connectivity index (χ0n) is 6.72. The fraction of sp³-hybridized carbons (Fsp3) is 0.857. The van der Waals surface area contributed by atoms with Crippen LogP contribution in [0.5, 0.6) is 0 Å². The van der Waals surface area contributed by atoms with E-state index in [4.69, 9.17) is 4.74 Å². The van der Waals surface area contributed by atoms with Crippen LogP contribution in [-0.4, -0.2) is 25.3 Å². The molecule has 0 radical (unpaired) electrons. The average molecular weight is 146 g/mol. The number of hydrogen-bond acceptors (Lipinski definition) is 3. The topological polar surface area (TPSA) is 38.8 Å². The van der Waals surface area contributed by atoms with Crippen LogP contribution in [0.4, 0.5) is 0 Å². The van der Waals surface area contributed by atoms with Gasteiger partial charge < -0.3 is 9.47 Å². The molecule has 1 aliphatic rings. The minimum atomic E-state index is 0.250. The Hall–Kier alpha value is -0.570. The molecule has 0 aromatic carbocycles. The van der Waals surface area contributed by atoms with Crippen molar-refractivity contribution in [2.45, 2.75) is 26.4 Å². The van der Waals surface area contributed by atoms with Crippen LogP contribution in [0.1, 0.15) is 20.8 Å². The number of rotatable bonds is 2. The first-order chi connectivity index (χ1) is 4.62. The average Bonchev–Trinajstić information content (AvgIpc) is 2.50. The Morgan fingerprint density at radius 1 is 1.70 bits per heavy atom. The summed E-state index contributed by atoms with van der Waals surface area (Å²) in [6.45, 7) is 7.77. The second-order valence-corrected chi connectivity index (χ2v) is 2.60. The highest BCUT2D eigenvalue weighted by Crippen LogP contribution is 2.23. The number of epoxide rings is 1. The van der Waals surface area contributed by atoms with Gasteiger partial charge >= 0.3 is 0 Å². The first kappa shape index (κ1) is 9.43. The van der Waals surface area contributed by atoms with Crippen molar-refractivity contribution in [2.24, 2.45) is 0 Å². The maximum atomic E-state index is 9.18. The Morgan fingerprint density at radius 2 is 2.10 bits per heavy atom. The van der Waals surface area contributed by atoms with Crippen LogP contribution in [0.2, 0.25) is 0 Å². The SMILES string of the molecule is CC1(C)CO1.CCOC=O. The lowest BCUT2D eigenvalue weighted by atomic mass is 10.3. The van der Waals surface area contributed by atoms with Crippen molar-refractivity contribution >= 4 is 6.47 Å². The van der Waals surface area contributed by atoms with Crippen molar-refractivity contribution in [1.29, 1.82) is 0 Å². The lowest BCUT2D eigenvalue weighted by molar-refractivity contribution is -0.128. The standard InChI is InChI=1S/C4H8O.C3H6O2/c1-4(2)3-5-4;1-2-5-3-4/h3H2,1-2H3;3H,2H2,1H3. The van der Waals surface area contributed by atoms with E-state index in [-0.39, 0.29) is 5.60 Å². The molecule has 1 rings (SSSR count). The van der Waals surface area contributed by atoms with Gasteiger partial charge in [-0.05, 0) is 20.8 Å². The van der Waals surface area contributed by atoms with Crippen LogP contribution in [-0.2, 0) is 14.3 Å². The predicted octanol–water partition coefficient (Wildman–Crippen LogP) is 0.974. The van der Waals surface area contributed by atoms with E-state index in [1.54, 1.807) is 6.92 Å². The molecule has 0 aromatic heterocycles. The summed E-state index contributed by atoms with van der Waals surface area (Å²) in [7, 11) is 0. The number of ether oxygens (including phenoxy) is 2. The molecule has 0 aromatic rings. The smallest absolute Gasteiger partial charge is 0.293 e. The molecule has 60 valence electrons. The lowest BCUT2D eigenvalue weighted by Crippen LogP contribution is -1.90. The second kappa shape index (κ2) is 4.28. The maximum absolute atomic E-state index is 9.18. The van der Waals surface area contributed by atoms with E-state index >= 15 is 0 Å². The zero-order chi connectivity index (χ0) is 8.04. The van der Waals surface area contributed by atoms with Gasteiger partial charge in [0, 0.05) is 0 Å². The number of carbonyl (C=O) groups is 1. The third-order valence-corrected chi connectivity index (χ3v) is 0.956. The van der Waals surface area contributed by atoms with E-state index in [9.17, 15) is 4.79 Å². The van der Waals surface area contributed by atoms with Gasteiger partial charge in [0.25, 0.3) is 6.47 Å². The molecule has 3 heteroatoms. The largest absolute Gasteiger partial charge is 0.468 e. The van der Waals surface area contributed by atoms with Gasteiger partial charge in [-0.2, -0.15) is 0 Å². The zero-order valence-corrected chi connectivity index (χ0v) is 6.72. The molecule has 0 aliphatic carbocycles. The van der Waals surface area contributed by atoms with Crippen molar-refractivity contribution in [2.75, 3.05) is 13.2 Å². The highest BCUT2D eigenvalue weighted by molar-refractivity contribution is 5.36. The van der Waals surface area contributed by atoms with Gasteiger partial charge in [-0.15, -0.1) is 0 Å². The lowest BCUT2D eigenvalue weighted by Gasteiger charge is -1.81. The van der Waals surface area contributed by atoms with Crippen LogP contribution in [0.25, 0.3) is 0 Å². The molecule has 0 saturated carbocycles. The van der Waals surface area contributed by atoms with Crippen molar-refractivity contribution in [3.8, 4) is 0 Å². The Balaban J connectivity index is 0.000000162. The summed E-state index contributed by atoms with van der Waals surface area (Å²) in [5.74, 6) is 0. The van der Waals surface area contributed by atoms with Gasteiger partial charge in [0.1, 0.15) is 0 Å². The molecular formula is C7H14O3. The molecule has 1 heterocycles. The van der Waals surface area contributed by atoms with Crippen LogP contribution < -0.4 is 0 Å². The minimum absolute atomic E-state index is 0.250. The minimum Gasteiger partial charge on any atom is -0.468 e. The predicted molar refractivity (Wildman–Crippen MR) is 37.7 cm³/mol. The van der Waals surface area contributed by atoms with Crippen LogP contribution >= 0.6 is 0 Å². The number of hydrogen-bond donors (Lipinski definition) is 0. The molecule has 10 heavy (non-hydrogen) atoms. The Kier molecular flexibility index (Phi) is 4.03. The van der Waals surface area contributed by atoms with Crippen molar-refractivity contribution in [3.63, 3.8) is 0 Å². The quantitative estimate of drug-likeness (QED) is 0.430. The third kappa shape index (κ3) is 7.43. The normalized spacial score (nSPS) is 18.3. The van der Waals surface area contributed by atoms with Gasteiger partial charge in [0.2, 0.25) is 0 Å². The summed E-state index contributed by atoms with van der Waals surface area (Å²) < 4.78 is 9.05. The molecule has 0 spiro atoms. The second-order valence-electron chi connectivity index (χ2n) is 2.60. The fourth-order valence-corrected chi connectivity index (χ4v) is 0.212. The Morgan fingerprint density at radius 3 is 2.10 bits per heavy atom. The summed E-state index contributed by atoms with van der Waals surface area (Å²) in [6.07, 6.45) is 0. The van der Waals surface area contributed by atoms with E-state index in [1.807, 2.05) is 0 Å². The molecule has 3 nitrogen and oxygen atoms in total. The van der Waals surface area contributed by atoms with Gasteiger partial charge in [-0.1, -0.05) is 0 Å². The van der Waals surface area contributed by atoms with E-state index in [0.29, 0.717) is 13.1 Å². The molecule has 1 saturated heterocycles. The van der Waals surface area contributed by atoms with Gasteiger partial charge in [-0.25, -0.2) is 0 Å². The molecule has 0 atom stereocenters. The molecule has 1 aliphatic heterocycles. The van der Waals surface area contributed by atoms with Crippen LogP contribution in [0.3, 0.4) is 0 Å². The third-order valence-electron chi connectivity index (χ3n) is 0.956. The first-order valence-electron chi connectivity index (χ1n) is 3.31. The van der Waals surface area contributed by atoms with Crippen molar-refractivity contribution < 1.29 is 14.3 Å². The molecule has 0 bridgehead atoms. The molecule has 1 fully saturated rings. The van der Waals surface area contributed by atoms with Gasteiger partial charge in [0.15, 0.2) is 0 Å². The summed E-state index contributed by atoms with van der Waals surface area (Å²) >= 11 is 0. The van der Waals surface area contributed by atoms with E-state index < -0.39 is 0 Å². The fourth-order valence-electron chi connectivity index (χ4n) is 0.212. The Bertz CT molecular complexity index is 93.0. The molecule has 0 N–H and O–H groups in total. The van der Waals surface area contributed by atoms with Gasteiger partial charge in [-0.3, -0.25) is 4.79 Å². The monoisotopic (exact) mass is 146 g/mol. The highest BCUT2D eigenvalue weighted by atomic mass is 16.6.